The number of epoxide rings is 1. The van der Waals surface area contributed by atoms with Crippen molar-refractivity contribution in [1.82, 2.24) is 20.4 Å². The first-order valence-electron chi connectivity index (χ1n) is 12.5. The summed E-state index contributed by atoms with van der Waals surface area (Å²) in [7, 11) is 0. The summed E-state index contributed by atoms with van der Waals surface area (Å²) in [6.07, 6.45) is -0.103. The van der Waals surface area contributed by atoms with Gasteiger partial charge in [-0.3, -0.25) is 19.9 Å². The Morgan fingerprint density at radius 1 is 1.11 bits per heavy atom. The van der Waals surface area contributed by atoms with Crippen molar-refractivity contribution in [1.29, 1.82) is 0 Å². The van der Waals surface area contributed by atoms with Crippen LogP contribution in [0.5, 0.6) is 5.75 Å². The lowest BCUT2D eigenvalue weighted by molar-refractivity contribution is 0.0926. The van der Waals surface area contributed by atoms with Crippen LogP contribution in [0.2, 0.25) is 15.1 Å². The molecule has 0 radical (unpaired) electrons. The standard InChI is InChI=1S/C26H33Cl3N4O4/c1-2-19(16-34)31-25-26(37-25)36-23-14-18(27)4-5-20(23)24(35)30-7-8-32-9-11-33(12-10-32)15-17-3-6-21(28)22(29)13-17/h3-6,13-14,19,25-26,31,34H,2,7-12,15-16H2,1H3,(H,30,35). The highest BCUT2D eigenvalue weighted by molar-refractivity contribution is 6.42. The number of piperazine rings is 1. The maximum absolute atomic E-state index is 12.9. The molecule has 2 aliphatic rings. The molecule has 1 amide bonds. The fourth-order valence-electron chi connectivity index (χ4n) is 4.23. The summed E-state index contributed by atoms with van der Waals surface area (Å²) < 4.78 is 11.4. The zero-order valence-electron chi connectivity index (χ0n) is 20.8. The topological polar surface area (TPSA) is 89.6 Å². The summed E-state index contributed by atoms with van der Waals surface area (Å²) in [5.41, 5.74) is 1.55. The molecule has 0 bridgehead atoms. The van der Waals surface area contributed by atoms with Crippen molar-refractivity contribution < 1.29 is 19.4 Å². The van der Waals surface area contributed by atoms with Gasteiger partial charge in [0.05, 0.1) is 22.2 Å². The van der Waals surface area contributed by atoms with E-state index in [-0.39, 0.29) is 24.8 Å². The van der Waals surface area contributed by atoms with E-state index >= 15 is 0 Å². The van der Waals surface area contributed by atoms with E-state index in [0.717, 1.165) is 51.3 Å². The Hall–Kier alpha value is -1.62. The smallest absolute Gasteiger partial charge is 0.255 e. The van der Waals surface area contributed by atoms with Crippen LogP contribution < -0.4 is 15.4 Å². The van der Waals surface area contributed by atoms with Crippen LogP contribution in [0, 0.1) is 0 Å². The molecule has 0 aromatic heterocycles. The SMILES string of the molecule is CCC(CO)NC1OC1Oc1cc(Cl)ccc1C(=O)NCCN1CCN(Cc2ccc(Cl)c(Cl)c2)CC1. The molecule has 3 atom stereocenters. The van der Waals surface area contributed by atoms with Crippen molar-refractivity contribution in [2.75, 3.05) is 45.9 Å². The molecule has 3 unspecified atom stereocenters. The Bertz CT molecular complexity index is 1060. The van der Waals surface area contributed by atoms with Crippen molar-refractivity contribution in [3.63, 3.8) is 0 Å². The van der Waals surface area contributed by atoms with E-state index < -0.39 is 6.29 Å². The molecule has 2 aromatic carbocycles. The Morgan fingerprint density at radius 3 is 2.57 bits per heavy atom. The summed E-state index contributed by atoms with van der Waals surface area (Å²) in [6, 6.07) is 10.6. The van der Waals surface area contributed by atoms with Gasteiger partial charge in [-0.1, -0.05) is 47.8 Å². The number of ether oxygens (including phenoxy) is 2. The van der Waals surface area contributed by atoms with Gasteiger partial charge < -0.3 is 19.9 Å². The second-order valence-electron chi connectivity index (χ2n) is 9.26. The molecule has 0 spiro atoms. The number of amides is 1. The third-order valence-electron chi connectivity index (χ3n) is 6.56. The second-order valence-corrected chi connectivity index (χ2v) is 10.5. The van der Waals surface area contributed by atoms with Crippen LogP contribution >= 0.6 is 34.8 Å². The lowest BCUT2D eigenvalue weighted by Crippen LogP contribution is -2.48. The van der Waals surface area contributed by atoms with Crippen molar-refractivity contribution in [3.8, 4) is 5.75 Å². The van der Waals surface area contributed by atoms with Crippen LogP contribution in [-0.2, 0) is 11.3 Å². The first-order chi connectivity index (χ1) is 17.9. The Balaban J connectivity index is 1.21. The number of nitrogens with one attached hydrogen (secondary N) is 2. The van der Waals surface area contributed by atoms with E-state index in [0.29, 0.717) is 32.9 Å². The molecule has 4 rings (SSSR count). The van der Waals surface area contributed by atoms with Crippen LogP contribution in [0.3, 0.4) is 0 Å². The quantitative estimate of drug-likeness (QED) is 0.335. The summed E-state index contributed by atoms with van der Waals surface area (Å²) in [5.74, 6) is 0.143. The highest BCUT2D eigenvalue weighted by atomic mass is 35.5. The van der Waals surface area contributed by atoms with Gasteiger partial charge in [-0.15, -0.1) is 0 Å². The van der Waals surface area contributed by atoms with E-state index in [2.05, 4.69) is 20.4 Å². The number of benzene rings is 2. The molecule has 37 heavy (non-hydrogen) atoms. The Morgan fingerprint density at radius 2 is 1.86 bits per heavy atom. The number of rotatable bonds is 12. The number of carbonyl (C=O) groups excluding carboxylic acids is 1. The van der Waals surface area contributed by atoms with Crippen molar-refractivity contribution in [3.05, 3.63) is 62.6 Å². The van der Waals surface area contributed by atoms with Crippen molar-refractivity contribution in [2.45, 2.75) is 38.4 Å². The van der Waals surface area contributed by atoms with Gasteiger partial charge in [-0.2, -0.15) is 0 Å². The molecule has 0 aliphatic carbocycles. The fraction of sp³-hybridized carbons (Fsp3) is 0.500. The van der Waals surface area contributed by atoms with Gasteiger partial charge in [0, 0.05) is 56.9 Å². The normalized spacial score (nSPS) is 21.0. The summed E-state index contributed by atoms with van der Waals surface area (Å²) in [5, 5.41) is 17.1. The Labute approximate surface area is 232 Å². The lowest BCUT2D eigenvalue weighted by Gasteiger charge is -2.34. The predicted octanol–water partition coefficient (Wildman–Crippen LogP) is 3.62. The van der Waals surface area contributed by atoms with Gasteiger partial charge in [-0.25, -0.2) is 0 Å². The van der Waals surface area contributed by atoms with Crippen LogP contribution in [0.1, 0.15) is 29.3 Å². The molecular formula is C26H33Cl3N4O4. The average Bonchev–Trinajstić information content (AvgIpc) is 3.62. The third-order valence-corrected chi connectivity index (χ3v) is 7.54. The maximum Gasteiger partial charge on any atom is 0.255 e. The van der Waals surface area contributed by atoms with E-state index in [4.69, 9.17) is 44.3 Å². The van der Waals surface area contributed by atoms with Gasteiger partial charge >= 0.3 is 0 Å². The second kappa shape index (κ2) is 13.4. The number of hydrogen-bond acceptors (Lipinski definition) is 7. The molecule has 8 nitrogen and oxygen atoms in total. The third kappa shape index (κ3) is 8.18. The van der Waals surface area contributed by atoms with Crippen LogP contribution in [0.25, 0.3) is 0 Å². The number of hydrogen-bond donors (Lipinski definition) is 3. The minimum absolute atomic E-state index is 0.0141. The van der Waals surface area contributed by atoms with Gasteiger partial charge in [0.2, 0.25) is 6.29 Å². The zero-order chi connectivity index (χ0) is 26.4. The monoisotopic (exact) mass is 570 g/mol. The van der Waals surface area contributed by atoms with Crippen LogP contribution in [0.4, 0.5) is 0 Å². The van der Waals surface area contributed by atoms with Crippen molar-refractivity contribution in [2.24, 2.45) is 0 Å². The zero-order valence-corrected chi connectivity index (χ0v) is 23.0. The molecule has 2 aliphatic heterocycles. The molecule has 2 aromatic rings. The maximum atomic E-state index is 12.9. The minimum Gasteiger partial charge on any atom is -0.460 e. The van der Waals surface area contributed by atoms with E-state index in [1.807, 2.05) is 25.1 Å². The molecule has 202 valence electrons. The minimum atomic E-state index is -0.536. The fourth-order valence-corrected chi connectivity index (χ4v) is 4.72. The summed E-state index contributed by atoms with van der Waals surface area (Å²) in [4.78, 5) is 17.6. The highest BCUT2D eigenvalue weighted by Crippen LogP contribution is 2.30. The molecule has 2 heterocycles. The van der Waals surface area contributed by atoms with Gasteiger partial charge in [0.15, 0.2) is 6.23 Å². The molecular weight excluding hydrogens is 539 g/mol. The molecule has 3 N–H and O–H groups in total. The number of aliphatic hydroxyl groups is 1. The average molecular weight is 572 g/mol. The highest BCUT2D eigenvalue weighted by Gasteiger charge is 2.43. The van der Waals surface area contributed by atoms with Gasteiger partial charge in [0.1, 0.15) is 5.75 Å². The van der Waals surface area contributed by atoms with E-state index in [9.17, 15) is 9.90 Å². The van der Waals surface area contributed by atoms with E-state index in [1.165, 1.54) is 0 Å². The van der Waals surface area contributed by atoms with Gasteiger partial charge in [-0.05, 0) is 42.3 Å². The number of carbonyl (C=O) groups is 1. The lowest BCUT2D eigenvalue weighted by atomic mass is 10.2. The molecule has 0 saturated carbocycles. The summed E-state index contributed by atoms with van der Waals surface area (Å²) in [6.45, 7) is 7.83. The number of aliphatic hydroxyl groups excluding tert-OH is 1. The number of halogens is 3. The molecule has 11 heteroatoms. The molecule has 2 fully saturated rings. The van der Waals surface area contributed by atoms with E-state index in [1.54, 1.807) is 18.2 Å². The summed E-state index contributed by atoms with van der Waals surface area (Å²) >= 11 is 18.3. The first-order valence-corrected chi connectivity index (χ1v) is 13.6. The van der Waals surface area contributed by atoms with Crippen LogP contribution in [0.15, 0.2) is 36.4 Å². The predicted molar refractivity (Wildman–Crippen MR) is 146 cm³/mol. The van der Waals surface area contributed by atoms with Crippen LogP contribution in [-0.4, -0.2) is 85.2 Å². The molecule has 2 saturated heterocycles. The van der Waals surface area contributed by atoms with Gasteiger partial charge in [0.25, 0.3) is 5.91 Å². The van der Waals surface area contributed by atoms with Crippen molar-refractivity contribution >= 4 is 40.7 Å². The first kappa shape index (κ1) is 28.4. The Kier molecular flexibility index (Phi) is 10.3. The number of nitrogens with zero attached hydrogens (tertiary/aromatic N) is 2. The largest absolute Gasteiger partial charge is 0.460 e.